The third kappa shape index (κ3) is 7.82. The maximum atomic E-state index is 14.4. The highest BCUT2D eigenvalue weighted by Crippen LogP contribution is 2.45. The van der Waals surface area contributed by atoms with Crippen LogP contribution in [0.3, 0.4) is 0 Å². The fourth-order valence-corrected chi connectivity index (χ4v) is 8.08. The number of anilines is 1. The second-order valence-corrected chi connectivity index (χ2v) is 15.5. The Bertz CT molecular complexity index is 1400. The van der Waals surface area contributed by atoms with E-state index in [0.717, 1.165) is 71.2 Å². The average molecular weight is 653 g/mol. The number of halogens is 1. The average Bonchev–Trinajstić information content (AvgIpc) is 2.97. The number of nitrogens with zero attached hydrogens (tertiary/aromatic N) is 6. The third-order valence-corrected chi connectivity index (χ3v) is 10.3. The lowest BCUT2D eigenvalue weighted by Gasteiger charge is -2.55. The molecule has 1 saturated carbocycles. The van der Waals surface area contributed by atoms with Gasteiger partial charge >= 0.3 is 6.09 Å². The summed E-state index contributed by atoms with van der Waals surface area (Å²) in [6, 6.07) is 4.04. The third-order valence-electron chi connectivity index (χ3n) is 10.3. The first-order chi connectivity index (χ1) is 22.2. The van der Waals surface area contributed by atoms with Gasteiger partial charge in [0, 0.05) is 48.7 Å². The van der Waals surface area contributed by atoms with Gasteiger partial charge in [-0.2, -0.15) is 0 Å². The maximum absolute atomic E-state index is 14.4. The lowest BCUT2D eigenvalue weighted by Crippen LogP contribution is -2.61. The molecule has 3 fully saturated rings. The number of ether oxygens (including phenoxy) is 1. The van der Waals surface area contributed by atoms with E-state index in [1.807, 2.05) is 48.5 Å². The van der Waals surface area contributed by atoms with Crippen LogP contribution in [-0.2, 0) is 0 Å². The van der Waals surface area contributed by atoms with Crippen molar-refractivity contribution in [3.05, 3.63) is 42.1 Å². The molecule has 1 aliphatic carbocycles. The van der Waals surface area contributed by atoms with Gasteiger partial charge in [0.2, 0.25) is 0 Å². The zero-order chi connectivity index (χ0) is 34.1. The molecular weight excluding hydrogens is 599 g/mol. The number of amides is 2. The molecule has 1 spiro atoms. The van der Waals surface area contributed by atoms with Crippen LogP contribution in [0.25, 0.3) is 0 Å². The molecule has 5 rings (SSSR count). The van der Waals surface area contributed by atoms with E-state index in [4.69, 9.17) is 4.74 Å². The van der Waals surface area contributed by atoms with Crippen LogP contribution in [0.2, 0.25) is 0 Å². The Morgan fingerprint density at radius 3 is 2.26 bits per heavy atom. The highest BCUT2D eigenvalue weighted by Gasteiger charge is 2.46. The Balaban J connectivity index is 1.17. The van der Waals surface area contributed by atoms with Crippen molar-refractivity contribution in [2.75, 3.05) is 37.6 Å². The molecule has 10 nitrogen and oxygen atoms in total. The van der Waals surface area contributed by atoms with Crippen LogP contribution in [0.1, 0.15) is 97.3 Å². The van der Waals surface area contributed by atoms with E-state index >= 15 is 0 Å². The highest BCUT2D eigenvalue weighted by molar-refractivity contribution is 5.97. The lowest BCUT2D eigenvalue weighted by atomic mass is 9.71. The minimum Gasteiger partial charge on any atom is -0.465 e. The molecule has 1 N–H and O–H groups in total. The molecule has 2 saturated heterocycles. The second kappa shape index (κ2) is 13.9. The molecule has 2 aliphatic heterocycles. The summed E-state index contributed by atoms with van der Waals surface area (Å²) >= 11 is 0. The summed E-state index contributed by atoms with van der Waals surface area (Å²) < 4.78 is 20.7. The molecule has 0 unspecified atom stereocenters. The van der Waals surface area contributed by atoms with Crippen LogP contribution in [0.5, 0.6) is 11.5 Å². The van der Waals surface area contributed by atoms with Crippen LogP contribution in [0.4, 0.5) is 15.0 Å². The number of hydrogen-bond donors (Lipinski definition) is 1. The number of aromatic nitrogens is 2. The van der Waals surface area contributed by atoms with Crippen molar-refractivity contribution in [1.82, 2.24) is 24.7 Å². The molecule has 258 valence electrons. The van der Waals surface area contributed by atoms with Crippen LogP contribution in [-0.4, -0.2) is 98.2 Å². The Kier molecular flexibility index (Phi) is 10.3. The van der Waals surface area contributed by atoms with Gasteiger partial charge in [-0.25, -0.2) is 19.2 Å². The van der Waals surface area contributed by atoms with E-state index in [9.17, 15) is 19.1 Å². The van der Waals surface area contributed by atoms with Crippen molar-refractivity contribution in [2.24, 2.45) is 11.3 Å². The molecule has 3 heterocycles. The molecule has 0 atom stereocenters. The summed E-state index contributed by atoms with van der Waals surface area (Å²) in [4.78, 5) is 42.5. The SMILES string of the molecule is CC(C)N(C(=O)c1cc(F)ccc1Oc1cncnc1N1CC2(CCN(CC3CCC(N(C(=O)O)C(C)(C)C)CC3)CC2)C1)C(C)C. The van der Waals surface area contributed by atoms with Crippen LogP contribution in [0, 0.1) is 17.2 Å². The molecule has 2 amide bonds. The van der Waals surface area contributed by atoms with Gasteiger partial charge in [-0.3, -0.25) is 4.79 Å². The normalized spacial score (nSPS) is 21.5. The standard InChI is InChI=1S/C36H53FN6O4/c1-24(2)42(25(3)4)33(44)29-18-27(37)10-13-30(29)47-31-19-38-23-39-32(31)41-21-36(22-41)14-16-40(17-15-36)20-26-8-11-28(12-9-26)43(34(45)46)35(5,6)7/h10,13,18-19,23-26,28H,8-9,11-12,14-17,20-22H2,1-7H3,(H,45,46). The molecule has 11 heteroatoms. The number of piperidine rings is 1. The molecule has 1 aromatic heterocycles. The second-order valence-electron chi connectivity index (χ2n) is 15.5. The van der Waals surface area contributed by atoms with Gasteiger partial charge in [0.25, 0.3) is 5.91 Å². The zero-order valence-corrected chi connectivity index (χ0v) is 29.2. The molecule has 1 aromatic carbocycles. The van der Waals surface area contributed by atoms with Gasteiger partial charge in [-0.05, 0) is 124 Å². The van der Waals surface area contributed by atoms with E-state index in [2.05, 4.69) is 19.8 Å². The van der Waals surface area contributed by atoms with Crippen molar-refractivity contribution in [2.45, 2.75) is 111 Å². The van der Waals surface area contributed by atoms with Crippen molar-refractivity contribution in [3.8, 4) is 11.5 Å². The minimum absolute atomic E-state index is 0.0591. The van der Waals surface area contributed by atoms with Gasteiger partial charge in [-0.1, -0.05) is 0 Å². The minimum atomic E-state index is -0.813. The van der Waals surface area contributed by atoms with E-state index in [1.54, 1.807) is 16.0 Å². The predicted octanol–water partition coefficient (Wildman–Crippen LogP) is 6.91. The van der Waals surface area contributed by atoms with Crippen LogP contribution < -0.4 is 9.64 Å². The quantitative estimate of drug-likeness (QED) is 0.312. The lowest BCUT2D eigenvalue weighted by molar-refractivity contribution is 0.0370. The van der Waals surface area contributed by atoms with Gasteiger partial charge in [-0.15, -0.1) is 0 Å². The molecule has 0 radical (unpaired) electrons. The number of benzene rings is 1. The van der Waals surface area contributed by atoms with Gasteiger partial charge in [0.15, 0.2) is 11.6 Å². The predicted molar refractivity (Wildman–Crippen MR) is 181 cm³/mol. The summed E-state index contributed by atoms with van der Waals surface area (Å²) in [5, 5.41) is 9.80. The zero-order valence-electron chi connectivity index (χ0n) is 29.2. The Hall–Kier alpha value is -3.47. The summed E-state index contributed by atoms with van der Waals surface area (Å²) in [5.41, 5.74) is 0.0274. The van der Waals surface area contributed by atoms with E-state index in [0.29, 0.717) is 17.5 Å². The Labute approximate surface area is 279 Å². The van der Waals surface area contributed by atoms with E-state index in [-0.39, 0.29) is 46.3 Å². The Morgan fingerprint density at radius 1 is 1.04 bits per heavy atom. The number of rotatable bonds is 9. The molecule has 47 heavy (non-hydrogen) atoms. The van der Waals surface area contributed by atoms with Gasteiger partial charge < -0.3 is 29.4 Å². The topological polar surface area (TPSA) is 102 Å². The first-order valence-electron chi connectivity index (χ1n) is 17.3. The fourth-order valence-electron chi connectivity index (χ4n) is 8.08. The number of carbonyl (C=O) groups excluding carboxylic acids is 1. The van der Waals surface area contributed by atoms with Crippen molar-refractivity contribution >= 4 is 17.8 Å². The van der Waals surface area contributed by atoms with Gasteiger partial charge in [0.1, 0.15) is 17.9 Å². The molecule has 2 aromatic rings. The summed E-state index contributed by atoms with van der Waals surface area (Å²) in [6.45, 7) is 18.7. The first-order valence-corrected chi connectivity index (χ1v) is 17.3. The number of carboxylic acid groups (broad SMARTS) is 1. The first kappa shape index (κ1) is 34.9. The molecular formula is C36H53FN6O4. The van der Waals surface area contributed by atoms with E-state index < -0.39 is 11.9 Å². The van der Waals surface area contributed by atoms with E-state index in [1.165, 1.54) is 24.5 Å². The number of carbonyl (C=O) groups is 2. The largest absolute Gasteiger partial charge is 0.465 e. The Morgan fingerprint density at radius 2 is 1.68 bits per heavy atom. The monoisotopic (exact) mass is 652 g/mol. The maximum Gasteiger partial charge on any atom is 0.407 e. The number of likely N-dealkylation sites (tertiary alicyclic amines) is 1. The van der Waals surface area contributed by atoms with Crippen LogP contribution >= 0.6 is 0 Å². The van der Waals surface area contributed by atoms with Crippen LogP contribution in [0.15, 0.2) is 30.7 Å². The van der Waals surface area contributed by atoms with Gasteiger partial charge in [0.05, 0.1) is 11.8 Å². The fraction of sp³-hybridized carbons (Fsp3) is 0.667. The van der Waals surface area contributed by atoms with Crippen molar-refractivity contribution < 1.29 is 23.8 Å². The number of hydrogen-bond acceptors (Lipinski definition) is 7. The van der Waals surface area contributed by atoms with Crippen molar-refractivity contribution in [3.63, 3.8) is 0 Å². The molecule has 3 aliphatic rings. The van der Waals surface area contributed by atoms with Crippen molar-refractivity contribution in [1.29, 1.82) is 0 Å². The molecule has 0 bridgehead atoms. The smallest absolute Gasteiger partial charge is 0.407 e. The summed E-state index contributed by atoms with van der Waals surface area (Å²) in [5.74, 6) is 1.26. The summed E-state index contributed by atoms with van der Waals surface area (Å²) in [7, 11) is 0. The summed E-state index contributed by atoms with van der Waals surface area (Å²) in [6.07, 6.45) is 8.57. The highest BCUT2D eigenvalue weighted by atomic mass is 19.1.